The zero-order valence-corrected chi connectivity index (χ0v) is 16.7. The predicted molar refractivity (Wildman–Crippen MR) is 104 cm³/mol. The summed E-state index contributed by atoms with van der Waals surface area (Å²) in [7, 11) is 0. The summed E-state index contributed by atoms with van der Waals surface area (Å²) in [5.74, 6) is 0.0139. The van der Waals surface area contributed by atoms with E-state index in [0.717, 1.165) is 12.8 Å². The molecular weight excluding hydrogens is 360 g/mol. The summed E-state index contributed by atoms with van der Waals surface area (Å²) in [5, 5.41) is 0. The van der Waals surface area contributed by atoms with Gasteiger partial charge in [-0.15, -0.1) is 0 Å². The monoisotopic (exact) mass is 386 g/mol. The number of hydrogen-bond acceptors (Lipinski definition) is 5. The molecule has 2 aromatic rings. The third kappa shape index (κ3) is 3.85. The summed E-state index contributed by atoms with van der Waals surface area (Å²) in [6, 6.07) is 1.51. The maximum atomic E-state index is 13.2. The Kier molecular flexibility index (Phi) is 5.67. The van der Waals surface area contributed by atoms with Gasteiger partial charge < -0.3 is 19.6 Å². The van der Waals surface area contributed by atoms with E-state index < -0.39 is 5.97 Å². The lowest BCUT2D eigenvalue weighted by Crippen LogP contribution is -2.40. The van der Waals surface area contributed by atoms with Crippen LogP contribution < -0.4 is 5.56 Å². The summed E-state index contributed by atoms with van der Waals surface area (Å²) in [5.41, 5.74) is 2.63. The molecule has 8 nitrogen and oxygen atoms in total. The van der Waals surface area contributed by atoms with E-state index in [0.29, 0.717) is 47.1 Å². The highest BCUT2D eigenvalue weighted by atomic mass is 16.5. The number of aryl methyl sites for hydroxylation is 2. The first-order valence-corrected chi connectivity index (χ1v) is 9.55. The molecule has 0 aliphatic carbocycles. The fourth-order valence-electron chi connectivity index (χ4n) is 3.85. The first kappa shape index (κ1) is 19.9. The van der Waals surface area contributed by atoms with Crippen LogP contribution in [0.25, 0.3) is 0 Å². The van der Waals surface area contributed by atoms with Gasteiger partial charge in [-0.25, -0.2) is 9.78 Å². The number of carbonyl (C=O) groups excluding carboxylic acids is 2. The minimum absolute atomic E-state index is 0.0165. The van der Waals surface area contributed by atoms with Gasteiger partial charge in [0, 0.05) is 30.8 Å². The molecule has 1 aliphatic heterocycles. The van der Waals surface area contributed by atoms with Crippen LogP contribution in [0.15, 0.2) is 10.9 Å². The van der Waals surface area contributed by atoms with Crippen LogP contribution >= 0.6 is 0 Å². The highest BCUT2D eigenvalue weighted by molar-refractivity contribution is 6.01. The van der Waals surface area contributed by atoms with E-state index in [-0.39, 0.29) is 24.0 Å². The van der Waals surface area contributed by atoms with Crippen molar-refractivity contribution >= 4 is 11.9 Å². The van der Waals surface area contributed by atoms with Gasteiger partial charge in [-0.2, -0.15) is 0 Å². The van der Waals surface area contributed by atoms with Crippen LogP contribution in [0, 0.1) is 20.8 Å². The van der Waals surface area contributed by atoms with Crippen molar-refractivity contribution in [2.24, 2.45) is 0 Å². The molecule has 1 fully saturated rings. The van der Waals surface area contributed by atoms with Gasteiger partial charge in [0.25, 0.3) is 11.5 Å². The van der Waals surface area contributed by atoms with E-state index in [1.165, 1.54) is 6.07 Å². The van der Waals surface area contributed by atoms with Gasteiger partial charge in [0.05, 0.1) is 17.9 Å². The Morgan fingerprint density at radius 3 is 2.71 bits per heavy atom. The van der Waals surface area contributed by atoms with E-state index >= 15 is 0 Å². The Balaban J connectivity index is 1.85. The zero-order valence-electron chi connectivity index (χ0n) is 16.7. The van der Waals surface area contributed by atoms with Gasteiger partial charge in [0.15, 0.2) is 0 Å². The minimum atomic E-state index is -0.457. The number of aromatic nitrogens is 3. The van der Waals surface area contributed by atoms with Crippen LogP contribution in [0.1, 0.15) is 69.3 Å². The number of likely N-dealkylation sites (tertiary alicyclic amines) is 1. The van der Waals surface area contributed by atoms with Crippen LogP contribution in [0.3, 0.4) is 0 Å². The Hall–Kier alpha value is -2.90. The number of esters is 1. The molecule has 0 radical (unpaired) electrons. The standard InChI is InChI=1S/C20H26N4O4/c1-5-28-20(27)18-11(2)17(12(3)21-18)19(26)24-8-6-7-14(10-24)15-9-16(25)23-13(4)22-15/h9,14,21H,5-8,10H2,1-4H3,(H,22,23,25)/t14-/m1/s1. The van der Waals surface area contributed by atoms with Gasteiger partial charge in [-0.1, -0.05) is 0 Å². The van der Waals surface area contributed by atoms with Crippen LogP contribution in [-0.2, 0) is 4.74 Å². The second-order valence-electron chi connectivity index (χ2n) is 7.19. The molecule has 8 heteroatoms. The maximum absolute atomic E-state index is 13.2. The minimum Gasteiger partial charge on any atom is -0.461 e. The molecule has 1 saturated heterocycles. The van der Waals surface area contributed by atoms with Gasteiger partial charge in [0.1, 0.15) is 11.5 Å². The van der Waals surface area contributed by atoms with Gasteiger partial charge >= 0.3 is 5.97 Å². The maximum Gasteiger partial charge on any atom is 0.355 e. The van der Waals surface area contributed by atoms with E-state index in [1.807, 2.05) is 0 Å². The highest BCUT2D eigenvalue weighted by Crippen LogP contribution is 2.28. The molecule has 1 aliphatic rings. The van der Waals surface area contributed by atoms with Crippen molar-refractivity contribution in [1.29, 1.82) is 0 Å². The van der Waals surface area contributed by atoms with Crippen LogP contribution in [-0.4, -0.2) is 51.4 Å². The average Bonchev–Trinajstić information content (AvgIpc) is 2.95. The van der Waals surface area contributed by atoms with Gasteiger partial charge in [-0.3, -0.25) is 9.59 Å². The molecule has 3 rings (SSSR count). The highest BCUT2D eigenvalue weighted by Gasteiger charge is 2.30. The Labute approximate surface area is 163 Å². The number of ether oxygens (including phenoxy) is 1. The van der Waals surface area contributed by atoms with Crippen molar-refractivity contribution in [2.45, 2.75) is 46.5 Å². The largest absolute Gasteiger partial charge is 0.461 e. The summed E-state index contributed by atoms with van der Waals surface area (Å²) >= 11 is 0. The quantitative estimate of drug-likeness (QED) is 0.784. The molecule has 0 bridgehead atoms. The van der Waals surface area contributed by atoms with Gasteiger partial charge in [0.2, 0.25) is 0 Å². The van der Waals surface area contributed by atoms with Crippen molar-refractivity contribution in [3.8, 4) is 0 Å². The van der Waals surface area contributed by atoms with Gasteiger partial charge in [-0.05, 0) is 46.1 Å². The molecule has 28 heavy (non-hydrogen) atoms. The lowest BCUT2D eigenvalue weighted by atomic mass is 9.93. The van der Waals surface area contributed by atoms with Crippen molar-refractivity contribution in [2.75, 3.05) is 19.7 Å². The third-order valence-electron chi connectivity index (χ3n) is 5.14. The average molecular weight is 386 g/mol. The summed E-state index contributed by atoms with van der Waals surface area (Å²) in [6.45, 7) is 8.44. The number of hydrogen-bond donors (Lipinski definition) is 2. The first-order valence-electron chi connectivity index (χ1n) is 9.55. The molecule has 0 saturated carbocycles. The second kappa shape index (κ2) is 8.00. The SMILES string of the molecule is CCOC(=O)c1[nH]c(C)c(C(=O)N2CCC[C@@H](c3cc(=O)[nH]c(C)n3)C2)c1C. The van der Waals surface area contributed by atoms with E-state index in [9.17, 15) is 14.4 Å². The summed E-state index contributed by atoms with van der Waals surface area (Å²) in [6.07, 6.45) is 1.70. The topological polar surface area (TPSA) is 108 Å². The molecule has 2 aromatic heterocycles. The third-order valence-corrected chi connectivity index (χ3v) is 5.14. The number of aromatic amines is 2. The number of carbonyl (C=O) groups is 2. The zero-order chi connectivity index (χ0) is 20.4. The number of rotatable bonds is 4. The molecule has 2 N–H and O–H groups in total. The Bertz CT molecular complexity index is 960. The molecule has 0 aromatic carbocycles. The molecule has 1 amide bonds. The fraction of sp³-hybridized carbons (Fsp3) is 0.500. The molecular formula is C20H26N4O4. The summed E-state index contributed by atoms with van der Waals surface area (Å²) < 4.78 is 5.06. The van der Waals surface area contributed by atoms with Crippen LogP contribution in [0.5, 0.6) is 0 Å². The van der Waals surface area contributed by atoms with Crippen molar-refractivity contribution in [3.05, 3.63) is 50.5 Å². The smallest absolute Gasteiger partial charge is 0.355 e. The van der Waals surface area contributed by atoms with E-state index in [2.05, 4.69) is 15.0 Å². The molecule has 3 heterocycles. The molecule has 150 valence electrons. The second-order valence-corrected chi connectivity index (χ2v) is 7.19. The van der Waals surface area contributed by atoms with Crippen molar-refractivity contribution < 1.29 is 14.3 Å². The van der Waals surface area contributed by atoms with E-state index in [4.69, 9.17) is 4.74 Å². The summed E-state index contributed by atoms with van der Waals surface area (Å²) in [4.78, 5) is 49.0. The van der Waals surface area contributed by atoms with Crippen molar-refractivity contribution in [3.63, 3.8) is 0 Å². The number of H-pyrrole nitrogens is 2. The molecule has 1 atom stereocenters. The number of piperidine rings is 1. The molecule has 0 spiro atoms. The normalized spacial score (nSPS) is 16.9. The molecule has 0 unspecified atom stereocenters. The fourth-order valence-corrected chi connectivity index (χ4v) is 3.85. The first-order chi connectivity index (χ1) is 13.3. The number of nitrogens with zero attached hydrogens (tertiary/aromatic N) is 2. The van der Waals surface area contributed by atoms with E-state index in [1.54, 1.807) is 32.6 Å². The Morgan fingerprint density at radius 2 is 2.04 bits per heavy atom. The predicted octanol–water partition coefficient (Wildman–Crippen LogP) is 2.22. The van der Waals surface area contributed by atoms with Crippen LogP contribution in [0.4, 0.5) is 0 Å². The Morgan fingerprint density at radius 1 is 1.29 bits per heavy atom. The van der Waals surface area contributed by atoms with Crippen molar-refractivity contribution in [1.82, 2.24) is 19.9 Å². The number of amides is 1. The lowest BCUT2D eigenvalue weighted by molar-refractivity contribution is 0.0519. The van der Waals surface area contributed by atoms with Crippen LogP contribution in [0.2, 0.25) is 0 Å². The lowest BCUT2D eigenvalue weighted by Gasteiger charge is -2.32. The number of nitrogens with one attached hydrogen (secondary N) is 2.